The van der Waals surface area contributed by atoms with E-state index in [4.69, 9.17) is 11.6 Å². The molecular formula is C22H27ClN2O2. The van der Waals surface area contributed by atoms with E-state index >= 15 is 0 Å². The van der Waals surface area contributed by atoms with Crippen LogP contribution in [-0.4, -0.2) is 28.3 Å². The molecule has 1 N–H and O–H groups in total. The molecule has 0 radical (unpaired) electrons. The first kappa shape index (κ1) is 21.0. The molecular weight excluding hydrogens is 360 g/mol. The summed E-state index contributed by atoms with van der Waals surface area (Å²) >= 11 is 5.92. The Morgan fingerprint density at radius 2 is 1.59 bits per heavy atom. The molecule has 0 aromatic heterocycles. The summed E-state index contributed by atoms with van der Waals surface area (Å²) in [6.45, 7) is 7.92. The molecule has 2 amide bonds. The standard InChI is InChI=1S/C22H27ClN2O2/c1-16(21(27)24-22(2,3)4)25(15-18-8-6-5-7-9-18)20(26)14-17-10-12-19(23)13-11-17/h5-13,16H,14-15H2,1-4H3,(H,24,27)/t16-/m1/s1. The summed E-state index contributed by atoms with van der Waals surface area (Å²) in [5.74, 6) is -0.263. The second-order valence-electron chi connectivity index (χ2n) is 7.73. The molecule has 1 atom stereocenters. The minimum atomic E-state index is -0.579. The van der Waals surface area contributed by atoms with Gasteiger partial charge in [0.05, 0.1) is 6.42 Å². The Morgan fingerprint density at radius 1 is 1.00 bits per heavy atom. The Bertz CT molecular complexity index is 767. The number of hydrogen-bond donors (Lipinski definition) is 1. The van der Waals surface area contributed by atoms with Gasteiger partial charge in [-0.1, -0.05) is 54.1 Å². The number of benzene rings is 2. The number of amides is 2. The van der Waals surface area contributed by atoms with Crippen LogP contribution in [0.15, 0.2) is 54.6 Å². The van der Waals surface area contributed by atoms with Crippen molar-refractivity contribution < 1.29 is 9.59 Å². The minimum absolute atomic E-state index is 0.0993. The van der Waals surface area contributed by atoms with Gasteiger partial charge in [0, 0.05) is 17.1 Å². The lowest BCUT2D eigenvalue weighted by atomic mass is 10.1. The molecule has 0 saturated carbocycles. The number of halogens is 1. The van der Waals surface area contributed by atoms with Crippen molar-refractivity contribution >= 4 is 23.4 Å². The minimum Gasteiger partial charge on any atom is -0.350 e. The van der Waals surface area contributed by atoms with E-state index in [2.05, 4.69) is 5.32 Å². The zero-order chi connectivity index (χ0) is 20.0. The molecule has 0 aliphatic carbocycles. The van der Waals surface area contributed by atoms with Crippen LogP contribution in [0, 0.1) is 0 Å². The predicted octanol–water partition coefficient (Wildman–Crippen LogP) is 4.21. The van der Waals surface area contributed by atoms with E-state index < -0.39 is 6.04 Å². The molecule has 27 heavy (non-hydrogen) atoms. The van der Waals surface area contributed by atoms with Crippen LogP contribution >= 0.6 is 11.6 Å². The van der Waals surface area contributed by atoms with Crippen LogP contribution in [-0.2, 0) is 22.6 Å². The third-order valence-electron chi connectivity index (χ3n) is 4.13. The molecule has 0 unspecified atom stereocenters. The highest BCUT2D eigenvalue weighted by atomic mass is 35.5. The monoisotopic (exact) mass is 386 g/mol. The Kier molecular flexibility index (Phi) is 7.03. The second kappa shape index (κ2) is 9.05. The molecule has 5 heteroatoms. The summed E-state index contributed by atoms with van der Waals surface area (Å²) in [4.78, 5) is 27.3. The van der Waals surface area contributed by atoms with Crippen LogP contribution in [0.4, 0.5) is 0 Å². The number of nitrogens with one attached hydrogen (secondary N) is 1. The van der Waals surface area contributed by atoms with Crippen molar-refractivity contribution in [2.24, 2.45) is 0 Å². The van der Waals surface area contributed by atoms with Crippen LogP contribution in [0.2, 0.25) is 5.02 Å². The molecule has 2 aromatic rings. The van der Waals surface area contributed by atoms with Crippen molar-refractivity contribution in [3.8, 4) is 0 Å². The van der Waals surface area contributed by atoms with E-state index in [9.17, 15) is 9.59 Å². The van der Waals surface area contributed by atoms with Gasteiger partial charge in [-0.3, -0.25) is 9.59 Å². The van der Waals surface area contributed by atoms with Crippen molar-refractivity contribution in [2.45, 2.75) is 52.2 Å². The van der Waals surface area contributed by atoms with Crippen molar-refractivity contribution in [3.63, 3.8) is 0 Å². The van der Waals surface area contributed by atoms with E-state index in [0.717, 1.165) is 11.1 Å². The van der Waals surface area contributed by atoms with Gasteiger partial charge >= 0.3 is 0 Å². The third-order valence-corrected chi connectivity index (χ3v) is 4.38. The van der Waals surface area contributed by atoms with Crippen molar-refractivity contribution in [1.29, 1.82) is 0 Å². The highest BCUT2D eigenvalue weighted by Gasteiger charge is 2.28. The van der Waals surface area contributed by atoms with Crippen LogP contribution in [0.1, 0.15) is 38.8 Å². The molecule has 0 bridgehead atoms. The summed E-state index contributed by atoms with van der Waals surface area (Å²) in [5.41, 5.74) is 1.49. The van der Waals surface area contributed by atoms with Gasteiger partial charge in [0.2, 0.25) is 11.8 Å². The first-order valence-electron chi connectivity index (χ1n) is 9.05. The highest BCUT2D eigenvalue weighted by Crippen LogP contribution is 2.15. The molecule has 0 fully saturated rings. The van der Waals surface area contributed by atoms with Gasteiger partial charge in [0.15, 0.2) is 0 Å². The molecule has 4 nitrogen and oxygen atoms in total. The van der Waals surface area contributed by atoms with Gasteiger partial charge in [-0.2, -0.15) is 0 Å². The average molecular weight is 387 g/mol. The van der Waals surface area contributed by atoms with Crippen LogP contribution in [0.3, 0.4) is 0 Å². The fraction of sp³-hybridized carbons (Fsp3) is 0.364. The van der Waals surface area contributed by atoms with E-state index in [1.54, 1.807) is 24.0 Å². The van der Waals surface area contributed by atoms with Gasteiger partial charge in [-0.25, -0.2) is 0 Å². The largest absolute Gasteiger partial charge is 0.350 e. The van der Waals surface area contributed by atoms with E-state index in [1.165, 1.54) is 0 Å². The van der Waals surface area contributed by atoms with Crippen molar-refractivity contribution in [3.05, 3.63) is 70.7 Å². The zero-order valence-electron chi connectivity index (χ0n) is 16.3. The van der Waals surface area contributed by atoms with Gasteiger partial charge < -0.3 is 10.2 Å². The maximum Gasteiger partial charge on any atom is 0.242 e. The predicted molar refractivity (Wildman–Crippen MR) is 110 cm³/mol. The second-order valence-corrected chi connectivity index (χ2v) is 8.16. The smallest absolute Gasteiger partial charge is 0.242 e. The Balaban J connectivity index is 2.21. The van der Waals surface area contributed by atoms with Gasteiger partial charge in [-0.05, 0) is 51.0 Å². The van der Waals surface area contributed by atoms with Crippen molar-refractivity contribution in [1.82, 2.24) is 10.2 Å². The SMILES string of the molecule is C[C@H](C(=O)NC(C)(C)C)N(Cc1ccccc1)C(=O)Cc1ccc(Cl)cc1. The maximum absolute atomic E-state index is 13.0. The highest BCUT2D eigenvalue weighted by molar-refractivity contribution is 6.30. The van der Waals surface area contributed by atoms with E-state index in [1.807, 2.05) is 63.2 Å². The summed E-state index contributed by atoms with van der Waals surface area (Å²) in [6.07, 6.45) is 0.219. The summed E-state index contributed by atoms with van der Waals surface area (Å²) in [7, 11) is 0. The lowest BCUT2D eigenvalue weighted by Crippen LogP contribution is -2.52. The number of nitrogens with zero attached hydrogens (tertiary/aromatic N) is 1. The Hall–Kier alpha value is -2.33. The van der Waals surface area contributed by atoms with Crippen LogP contribution in [0.25, 0.3) is 0 Å². The quantitative estimate of drug-likeness (QED) is 0.808. The van der Waals surface area contributed by atoms with Gasteiger partial charge in [0.1, 0.15) is 6.04 Å². The van der Waals surface area contributed by atoms with Crippen molar-refractivity contribution in [2.75, 3.05) is 0 Å². The maximum atomic E-state index is 13.0. The number of hydrogen-bond acceptors (Lipinski definition) is 2. The molecule has 2 aromatic carbocycles. The van der Waals surface area contributed by atoms with Crippen LogP contribution < -0.4 is 5.32 Å². The fourth-order valence-corrected chi connectivity index (χ4v) is 2.84. The zero-order valence-corrected chi connectivity index (χ0v) is 17.1. The molecule has 2 rings (SSSR count). The molecule has 0 aliphatic rings. The Labute approximate surface area is 166 Å². The molecule has 0 aliphatic heterocycles. The first-order valence-corrected chi connectivity index (χ1v) is 9.43. The molecule has 0 spiro atoms. The number of rotatable bonds is 6. The van der Waals surface area contributed by atoms with Gasteiger partial charge in [0.25, 0.3) is 0 Å². The summed E-state index contributed by atoms with van der Waals surface area (Å²) in [6, 6.07) is 16.3. The Morgan fingerprint density at radius 3 is 2.15 bits per heavy atom. The lowest BCUT2D eigenvalue weighted by Gasteiger charge is -2.31. The molecule has 0 saturated heterocycles. The average Bonchev–Trinajstić information content (AvgIpc) is 2.60. The summed E-state index contributed by atoms with van der Waals surface area (Å²) in [5, 5.41) is 3.59. The van der Waals surface area contributed by atoms with E-state index in [0.29, 0.717) is 11.6 Å². The normalized spacial score (nSPS) is 12.3. The number of carbonyl (C=O) groups is 2. The first-order chi connectivity index (χ1) is 12.7. The topological polar surface area (TPSA) is 49.4 Å². The fourth-order valence-electron chi connectivity index (χ4n) is 2.72. The lowest BCUT2D eigenvalue weighted by molar-refractivity contribution is -0.140. The molecule has 0 heterocycles. The van der Waals surface area contributed by atoms with Gasteiger partial charge in [-0.15, -0.1) is 0 Å². The molecule has 144 valence electrons. The third kappa shape index (κ3) is 6.72. The van der Waals surface area contributed by atoms with E-state index in [-0.39, 0.29) is 23.8 Å². The summed E-state index contributed by atoms with van der Waals surface area (Å²) < 4.78 is 0. The number of carbonyl (C=O) groups excluding carboxylic acids is 2. The van der Waals surface area contributed by atoms with Crippen LogP contribution in [0.5, 0.6) is 0 Å².